The Bertz CT molecular complexity index is 803. The highest BCUT2D eigenvalue weighted by Gasteiger charge is 2.18. The average molecular weight is 317 g/mol. The van der Waals surface area contributed by atoms with Gasteiger partial charge >= 0.3 is 0 Å². The summed E-state index contributed by atoms with van der Waals surface area (Å²) in [6.45, 7) is 2.05. The molecule has 2 heterocycles. The zero-order valence-corrected chi connectivity index (χ0v) is 13.5. The Kier molecular flexibility index (Phi) is 4.96. The van der Waals surface area contributed by atoms with Crippen LogP contribution in [0.2, 0.25) is 0 Å². The second-order valence-electron chi connectivity index (χ2n) is 5.64. The Morgan fingerprint density at radius 3 is 2.46 bits per heavy atom. The summed E-state index contributed by atoms with van der Waals surface area (Å²) >= 11 is 0. The molecule has 0 spiro atoms. The highest BCUT2D eigenvalue weighted by atomic mass is 16.1. The third-order valence-corrected chi connectivity index (χ3v) is 3.91. The lowest BCUT2D eigenvalue weighted by molar-refractivity contribution is -0.121. The Morgan fingerprint density at radius 1 is 1.00 bits per heavy atom. The van der Waals surface area contributed by atoms with Crippen molar-refractivity contribution in [3.05, 3.63) is 95.6 Å². The van der Waals surface area contributed by atoms with Gasteiger partial charge in [-0.25, -0.2) is 0 Å². The molecule has 0 aliphatic carbocycles. The molecule has 1 atom stereocenters. The maximum atomic E-state index is 12.5. The average Bonchev–Trinajstić information content (AvgIpc) is 2.62. The second-order valence-corrected chi connectivity index (χ2v) is 5.64. The molecule has 24 heavy (non-hydrogen) atoms. The van der Waals surface area contributed by atoms with Crippen LogP contribution in [0.4, 0.5) is 0 Å². The standard InChI is InChI=1S/C20H19N3O/c1-15-6-2-3-8-18(15)20(16-9-12-21-13-10-16)23-19(24)14-17-7-4-5-11-22-17/h2-13,20H,14H2,1H3,(H,23,24). The summed E-state index contributed by atoms with van der Waals surface area (Å²) in [6, 6.07) is 17.3. The van der Waals surface area contributed by atoms with Crippen LogP contribution in [-0.4, -0.2) is 15.9 Å². The SMILES string of the molecule is Cc1ccccc1C(NC(=O)Cc1ccccn1)c1ccncc1. The summed E-state index contributed by atoms with van der Waals surface area (Å²) in [5.74, 6) is -0.0567. The molecule has 1 aromatic carbocycles. The van der Waals surface area contributed by atoms with Crippen LogP contribution in [0.3, 0.4) is 0 Å². The molecule has 0 bridgehead atoms. The van der Waals surface area contributed by atoms with Gasteiger partial charge in [0.15, 0.2) is 0 Å². The number of hydrogen-bond donors (Lipinski definition) is 1. The van der Waals surface area contributed by atoms with Crippen molar-refractivity contribution in [1.82, 2.24) is 15.3 Å². The van der Waals surface area contributed by atoms with Crippen molar-refractivity contribution < 1.29 is 4.79 Å². The zero-order valence-electron chi connectivity index (χ0n) is 13.5. The van der Waals surface area contributed by atoms with Crippen molar-refractivity contribution >= 4 is 5.91 Å². The van der Waals surface area contributed by atoms with Gasteiger partial charge in [0.05, 0.1) is 12.5 Å². The molecule has 3 rings (SSSR count). The second kappa shape index (κ2) is 7.51. The maximum absolute atomic E-state index is 12.5. The number of rotatable bonds is 5. The van der Waals surface area contributed by atoms with Gasteiger partial charge in [-0.05, 0) is 47.9 Å². The van der Waals surface area contributed by atoms with Gasteiger partial charge in [-0.1, -0.05) is 30.3 Å². The summed E-state index contributed by atoms with van der Waals surface area (Å²) in [5.41, 5.74) is 3.98. The van der Waals surface area contributed by atoms with Crippen LogP contribution < -0.4 is 5.32 Å². The summed E-state index contributed by atoms with van der Waals surface area (Å²) in [7, 11) is 0. The molecule has 4 nitrogen and oxygen atoms in total. The number of nitrogens with zero attached hydrogens (tertiary/aromatic N) is 2. The Morgan fingerprint density at radius 2 is 1.75 bits per heavy atom. The number of nitrogens with one attached hydrogen (secondary N) is 1. The number of hydrogen-bond acceptors (Lipinski definition) is 3. The summed E-state index contributed by atoms with van der Waals surface area (Å²) in [5, 5.41) is 3.13. The van der Waals surface area contributed by atoms with E-state index < -0.39 is 0 Å². The van der Waals surface area contributed by atoms with E-state index in [0.29, 0.717) is 0 Å². The minimum absolute atomic E-state index is 0.0567. The van der Waals surface area contributed by atoms with Crippen molar-refractivity contribution in [2.75, 3.05) is 0 Å². The summed E-state index contributed by atoms with van der Waals surface area (Å²) in [6.07, 6.45) is 5.44. The minimum atomic E-state index is -0.203. The third-order valence-electron chi connectivity index (χ3n) is 3.91. The lowest BCUT2D eigenvalue weighted by Gasteiger charge is -2.21. The van der Waals surface area contributed by atoms with E-state index in [1.54, 1.807) is 18.6 Å². The van der Waals surface area contributed by atoms with E-state index in [-0.39, 0.29) is 18.4 Å². The normalized spacial score (nSPS) is 11.7. The smallest absolute Gasteiger partial charge is 0.226 e. The van der Waals surface area contributed by atoms with E-state index in [1.165, 1.54) is 0 Å². The predicted octanol–water partition coefficient (Wildman–Crippen LogP) is 3.23. The number of carbonyl (C=O) groups is 1. The van der Waals surface area contributed by atoms with Gasteiger partial charge in [0.1, 0.15) is 0 Å². The van der Waals surface area contributed by atoms with Gasteiger partial charge in [-0.2, -0.15) is 0 Å². The van der Waals surface area contributed by atoms with Gasteiger partial charge in [0, 0.05) is 24.3 Å². The molecule has 120 valence electrons. The van der Waals surface area contributed by atoms with Crippen LogP contribution >= 0.6 is 0 Å². The van der Waals surface area contributed by atoms with Gasteiger partial charge in [-0.15, -0.1) is 0 Å². The highest BCUT2D eigenvalue weighted by molar-refractivity contribution is 5.79. The molecule has 1 unspecified atom stereocenters. The Labute approximate surface area is 141 Å². The van der Waals surface area contributed by atoms with Gasteiger partial charge in [0.2, 0.25) is 5.91 Å². The van der Waals surface area contributed by atoms with Crippen LogP contribution in [0.25, 0.3) is 0 Å². The molecule has 2 aromatic heterocycles. The first-order chi connectivity index (χ1) is 11.7. The molecule has 0 fully saturated rings. The van der Waals surface area contributed by atoms with Gasteiger partial charge < -0.3 is 5.32 Å². The molecular formula is C20H19N3O. The maximum Gasteiger partial charge on any atom is 0.226 e. The largest absolute Gasteiger partial charge is 0.345 e. The Balaban J connectivity index is 1.86. The number of carbonyl (C=O) groups excluding carboxylic acids is 1. The van der Waals surface area contributed by atoms with Crippen LogP contribution in [0.1, 0.15) is 28.4 Å². The van der Waals surface area contributed by atoms with Crippen LogP contribution in [0.5, 0.6) is 0 Å². The van der Waals surface area contributed by atoms with Gasteiger partial charge in [-0.3, -0.25) is 14.8 Å². The van der Waals surface area contributed by atoms with Crippen molar-refractivity contribution in [2.24, 2.45) is 0 Å². The lowest BCUT2D eigenvalue weighted by Crippen LogP contribution is -2.31. The first-order valence-electron chi connectivity index (χ1n) is 7.89. The van der Waals surface area contributed by atoms with E-state index in [9.17, 15) is 4.79 Å². The van der Waals surface area contributed by atoms with E-state index >= 15 is 0 Å². The molecule has 0 radical (unpaired) electrons. The summed E-state index contributed by atoms with van der Waals surface area (Å²) < 4.78 is 0. The van der Waals surface area contributed by atoms with E-state index in [2.05, 4.69) is 28.3 Å². The molecule has 1 amide bonds. The van der Waals surface area contributed by atoms with Gasteiger partial charge in [0.25, 0.3) is 0 Å². The molecule has 0 aliphatic heterocycles. The van der Waals surface area contributed by atoms with Crippen molar-refractivity contribution in [3.8, 4) is 0 Å². The number of aryl methyl sites for hydroxylation is 1. The third kappa shape index (κ3) is 3.84. The fraction of sp³-hybridized carbons (Fsp3) is 0.150. The number of aromatic nitrogens is 2. The quantitative estimate of drug-likeness (QED) is 0.786. The molecular weight excluding hydrogens is 298 g/mol. The number of amides is 1. The topological polar surface area (TPSA) is 54.9 Å². The van der Waals surface area contributed by atoms with E-state index in [0.717, 1.165) is 22.4 Å². The summed E-state index contributed by atoms with van der Waals surface area (Å²) in [4.78, 5) is 20.8. The first-order valence-corrected chi connectivity index (χ1v) is 7.89. The Hall–Kier alpha value is -3.01. The fourth-order valence-corrected chi connectivity index (χ4v) is 2.69. The van der Waals surface area contributed by atoms with Crippen molar-refractivity contribution in [2.45, 2.75) is 19.4 Å². The van der Waals surface area contributed by atoms with Crippen molar-refractivity contribution in [3.63, 3.8) is 0 Å². The minimum Gasteiger partial charge on any atom is -0.345 e. The van der Waals surface area contributed by atoms with E-state index in [1.807, 2.05) is 48.5 Å². The molecule has 0 aliphatic rings. The number of pyridine rings is 2. The van der Waals surface area contributed by atoms with Crippen LogP contribution in [0.15, 0.2) is 73.2 Å². The van der Waals surface area contributed by atoms with E-state index in [4.69, 9.17) is 0 Å². The highest BCUT2D eigenvalue weighted by Crippen LogP contribution is 2.24. The molecule has 1 N–H and O–H groups in total. The molecule has 0 saturated carbocycles. The fourth-order valence-electron chi connectivity index (χ4n) is 2.69. The van der Waals surface area contributed by atoms with Crippen LogP contribution in [-0.2, 0) is 11.2 Å². The first kappa shape index (κ1) is 15.9. The molecule has 3 aromatic rings. The number of benzene rings is 1. The van der Waals surface area contributed by atoms with Crippen LogP contribution in [0, 0.1) is 6.92 Å². The van der Waals surface area contributed by atoms with Crippen molar-refractivity contribution in [1.29, 1.82) is 0 Å². The predicted molar refractivity (Wildman–Crippen MR) is 93.3 cm³/mol. The molecule has 0 saturated heterocycles. The monoisotopic (exact) mass is 317 g/mol. The zero-order chi connectivity index (χ0) is 16.8. The lowest BCUT2D eigenvalue weighted by atomic mass is 9.95. The molecule has 4 heteroatoms.